The lowest BCUT2D eigenvalue weighted by Gasteiger charge is -2.26. The summed E-state index contributed by atoms with van der Waals surface area (Å²) in [6.45, 7) is 6.82. The molecule has 0 radical (unpaired) electrons. The molecule has 0 aliphatic carbocycles. The fourth-order valence-electron chi connectivity index (χ4n) is 3.55. The summed E-state index contributed by atoms with van der Waals surface area (Å²) in [5, 5.41) is 14.1. The zero-order chi connectivity index (χ0) is 25.2. The van der Waals surface area contributed by atoms with Crippen LogP contribution in [0, 0.1) is 11.3 Å². The molecule has 0 aromatic carbocycles. The first-order chi connectivity index (χ1) is 16.9. The maximum atomic E-state index is 11.8. The molecule has 0 unspecified atom stereocenters. The minimum absolute atomic E-state index is 0.0315. The number of carbonyl (C=O) groups is 1. The van der Waals surface area contributed by atoms with E-state index < -0.39 is 0 Å². The third-order valence-electron chi connectivity index (χ3n) is 5.57. The molecular formula is C25H34N8O2. The Balaban J connectivity index is 1.65. The molecule has 1 fully saturated rings. The molecule has 1 aliphatic heterocycles. The molecule has 0 saturated carbocycles. The van der Waals surface area contributed by atoms with Gasteiger partial charge in [0.1, 0.15) is 18.2 Å². The average Bonchev–Trinajstić information content (AvgIpc) is 2.85. The molecule has 1 saturated heterocycles. The van der Waals surface area contributed by atoms with Crippen LogP contribution in [0.4, 0.5) is 5.82 Å². The summed E-state index contributed by atoms with van der Waals surface area (Å²) >= 11 is 0. The van der Waals surface area contributed by atoms with Crippen LogP contribution in [-0.2, 0) is 9.53 Å². The number of aromatic nitrogens is 2. The van der Waals surface area contributed by atoms with Crippen LogP contribution in [0.15, 0.2) is 54.3 Å². The molecule has 10 heteroatoms. The second kappa shape index (κ2) is 12.5. The number of nitrogens with two attached hydrogens (primary N) is 2. The van der Waals surface area contributed by atoms with Gasteiger partial charge in [-0.15, -0.1) is 0 Å². The number of allylic oxidation sites excluding steroid dienone is 3. The second-order valence-corrected chi connectivity index (χ2v) is 8.49. The maximum absolute atomic E-state index is 11.8. The summed E-state index contributed by atoms with van der Waals surface area (Å²) < 4.78 is 5.15. The van der Waals surface area contributed by atoms with E-state index in [9.17, 15) is 4.79 Å². The van der Waals surface area contributed by atoms with E-state index in [0.717, 1.165) is 23.1 Å². The van der Waals surface area contributed by atoms with Crippen molar-refractivity contribution in [1.82, 2.24) is 20.2 Å². The Kier molecular flexibility index (Phi) is 9.19. The van der Waals surface area contributed by atoms with Gasteiger partial charge in [-0.05, 0) is 48.4 Å². The van der Waals surface area contributed by atoms with Gasteiger partial charge in [0.15, 0.2) is 0 Å². The molecule has 2 aromatic heterocycles. The van der Waals surface area contributed by atoms with Crippen molar-refractivity contribution in [2.45, 2.75) is 20.3 Å². The third kappa shape index (κ3) is 7.28. The van der Waals surface area contributed by atoms with E-state index in [2.05, 4.69) is 20.6 Å². The Morgan fingerprint density at radius 3 is 2.89 bits per heavy atom. The lowest BCUT2D eigenvalue weighted by molar-refractivity contribution is -0.142. The topological polar surface area (TPSA) is 155 Å². The highest BCUT2D eigenvalue weighted by molar-refractivity contribution is 6.08. The van der Waals surface area contributed by atoms with E-state index in [-0.39, 0.29) is 18.4 Å². The smallest absolute Gasteiger partial charge is 0.248 e. The van der Waals surface area contributed by atoms with Gasteiger partial charge in [0.25, 0.3) is 0 Å². The monoisotopic (exact) mass is 478 g/mol. The van der Waals surface area contributed by atoms with Gasteiger partial charge in [-0.25, -0.2) is 4.98 Å². The van der Waals surface area contributed by atoms with Gasteiger partial charge in [-0.3, -0.25) is 9.78 Å². The molecular weight excluding hydrogens is 444 g/mol. The molecule has 3 rings (SSSR count). The van der Waals surface area contributed by atoms with Crippen molar-refractivity contribution in [3.05, 3.63) is 59.8 Å². The number of pyridine rings is 2. The predicted octanol–water partition coefficient (Wildman–Crippen LogP) is 2.17. The van der Waals surface area contributed by atoms with E-state index in [1.165, 1.54) is 6.21 Å². The summed E-state index contributed by atoms with van der Waals surface area (Å²) in [6, 6.07) is 5.56. The second-order valence-electron chi connectivity index (χ2n) is 8.49. The molecule has 0 atom stereocenters. The number of fused-ring (bicyclic) bond motifs is 1. The Morgan fingerprint density at radius 2 is 2.17 bits per heavy atom. The van der Waals surface area contributed by atoms with E-state index in [1.807, 2.05) is 36.9 Å². The largest absolute Gasteiger partial charge is 0.404 e. The highest BCUT2D eigenvalue weighted by atomic mass is 16.5. The minimum Gasteiger partial charge on any atom is -0.404 e. The minimum atomic E-state index is 0.0315. The number of amides is 1. The molecule has 35 heavy (non-hydrogen) atoms. The van der Waals surface area contributed by atoms with Crippen LogP contribution in [-0.4, -0.2) is 59.8 Å². The normalized spacial score (nSPS) is 15.6. The molecule has 2 aromatic rings. The first kappa shape index (κ1) is 25.7. The van der Waals surface area contributed by atoms with Gasteiger partial charge < -0.3 is 37.1 Å². The quantitative estimate of drug-likeness (QED) is 0.187. The van der Waals surface area contributed by atoms with Crippen LogP contribution in [0.25, 0.3) is 16.6 Å². The molecule has 1 aliphatic rings. The van der Waals surface area contributed by atoms with Crippen molar-refractivity contribution in [3.63, 3.8) is 0 Å². The number of anilines is 1. The standard InChI is InChI=1S/C25H34N8O2/c1-17(2)18(12-26)11-23(28)32-24-5-4-21-22(31-24)10-19(15-30-21)20(13-27)14-29-6-3-7-33-8-9-35-16-25(33)34/h4-5,10-15,17,27,29H,3,6-9,16,26,28H2,1-2H3,(H,31,32)/b18-12+,20-14+,23-11+,27-13?. The summed E-state index contributed by atoms with van der Waals surface area (Å²) in [6.07, 6.45) is 8.92. The molecule has 1 amide bonds. The molecule has 3 heterocycles. The van der Waals surface area contributed by atoms with Gasteiger partial charge in [-0.1, -0.05) is 13.8 Å². The average molecular weight is 479 g/mol. The van der Waals surface area contributed by atoms with E-state index in [4.69, 9.17) is 21.6 Å². The Labute approximate surface area is 205 Å². The highest BCUT2D eigenvalue weighted by Crippen LogP contribution is 2.19. The first-order valence-corrected chi connectivity index (χ1v) is 11.6. The summed E-state index contributed by atoms with van der Waals surface area (Å²) in [5.41, 5.74) is 15.6. The number of nitrogens with zero attached hydrogens (tertiary/aromatic N) is 3. The Hall–Kier alpha value is -3.92. The number of carbonyl (C=O) groups excluding carboxylic acids is 1. The number of morpholine rings is 1. The number of hydrogen-bond acceptors (Lipinski definition) is 9. The van der Waals surface area contributed by atoms with Gasteiger partial charge in [0.2, 0.25) is 5.91 Å². The fourth-order valence-corrected chi connectivity index (χ4v) is 3.55. The summed E-state index contributed by atoms with van der Waals surface area (Å²) in [7, 11) is 0. The SMILES string of the molecule is CC(C)C(=C/N)/C=C(\N)Nc1ccc2ncc(/C(C=N)=C/NCCCN3CCOCC3=O)cc2n1. The van der Waals surface area contributed by atoms with Crippen LogP contribution in [0.5, 0.6) is 0 Å². The summed E-state index contributed by atoms with van der Waals surface area (Å²) in [4.78, 5) is 22.7. The van der Waals surface area contributed by atoms with Crippen LogP contribution < -0.4 is 22.1 Å². The van der Waals surface area contributed by atoms with Crippen LogP contribution in [0.3, 0.4) is 0 Å². The van der Waals surface area contributed by atoms with Crippen molar-refractivity contribution < 1.29 is 9.53 Å². The predicted molar refractivity (Wildman–Crippen MR) is 139 cm³/mol. The van der Waals surface area contributed by atoms with E-state index >= 15 is 0 Å². The van der Waals surface area contributed by atoms with Gasteiger partial charge in [0, 0.05) is 49.4 Å². The molecule has 186 valence electrons. The number of rotatable bonds is 11. The Morgan fingerprint density at radius 1 is 1.34 bits per heavy atom. The van der Waals surface area contributed by atoms with Crippen molar-refractivity contribution in [1.29, 1.82) is 5.41 Å². The first-order valence-electron chi connectivity index (χ1n) is 11.6. The zero-order valence-electron chi connectivity index (χ0n) is 20.3. The maximum Gasteiger partial charge on any atom is 0.248 e. The van der Waals surface area contributed by atoms with Gasteiger partial charge >= 0.3 is 0 Å². The van der Waals surface area contributed by atoms with Crippen LogP contribution >= 0.6 is 0 Å². The fraction of sp³-hybridized carbons (Fsp3) is 0.360. The van der Waals surface area contributed by atoms with E-state index in [0.29, 0.717) is 49.0 Å². The van der Waals surface area contributed by atoms with Gasteiger partial charge in [-0.2, -0.15) is 0 Å². The molecule has 7 N–H and O–H groups in total. The van der Waals surface area contributed by atoms with E-state index in [1.54, 1.807) is 24.7 Å². The third-order valence-corrected chi connectivity index (χ3v) is 5.57. The van der Waals surface area contributed by atoms with Crippen LogP contribution in [0.1, 0.15) is 25.8 Å². The van der Waals surface area contributed by atoms with Gasteiger partial charge in [0.05, 0.1) is 17.6 Å². The summed E-state index contributed by atoms with van der Waals surface area (Å²) in [5.74, 6) is 1.30. The zero-order valence-corrected chi connectivity index (χ0v) is 20.3. The number of ether oxygens (including phenoxy) is 1. The lowest BCUT2D eigenvalue weighted by Crippen LogP contribution is -2.42. The number of nitrogens with one attached hydrogen (secondary N) is 3. The van der Waals surface area contributed by atoms with Crippen molar-refractivity contribution in [3.8, 4) is 0 Å². The molecule has 10 nitrogen and oxygen atoms in total. The lowest BCUT2D eigenvalue weighted by atomic mass is 10.0. The Bertz CT molecular complexity index is 1140. The van der Waals surface area contributed by atoms with Crippen LogP contribution in [0.2, 0.25) is 0 Å². The molecule has 0 spiro atoms. The molecule has 0 bridgehead atoms. The van der Waals surface area contributed by atoms with Crippen molar-refractivity contribution in [2.75, 3.05) is 38.2 Å². The van der Waals surface area contributed by atoms with Crippen molar-refractivity contribution in [2.24, 2.45) is 17.4 Å². The van der Waals surface area contributed by atoms with Crippen molar-refractivity contribution >= 4 is 34.5 Å². The number of hydrogen-bond donors (Lipinski definition) is 5. The highest BCUT2D eigenvalue weighted by Gasteiger charge is 2.17.